The standard InChI is InChI=1S/C54H37N3O2/c1-3-13-34(14-4-1)35-23-27-39(28-24-35)57(38-16-5-2-6-17-38)40-32-45-51-41-18-8-7-15-36(41)25-30-50(51)59-53(45)46(33-40)54-55-47-21-11-9-20-43(47)52(56-54)37-26-29-49-44(31-37)42-19-10-12-22-48(42)58-49/h1-33,47,54-56H. The van der Waals surface area contributed by atoms with Crippen molar-refractivity contribution in [2.75, 3.05) is 4.90 Å². The zero-order valence-electron chi connectivity index (χ0n) is 32.0. The van der Waals surface area contributed by atoms with E-state index in [9.17, 15) is 0 Å². The number of nitrogens with one attached hydrogen (secondary N) is 2. The lowest BCUT2D eigenvalue weighted by Gasteiger charge is -2.36. The van der Waals surface area contributed by atoms with Crippen LogP contribution in [-0.4, -0.2) is 6.04 Å². The molecule has 0 radical (unpaired) electrons. The minimum atomic E-state index is -0.306. The lowest BCUT2D eigenvalue weighted by atomic mass is 9.91. The predicted octanol–water partition coefficient (Wildman–Crippen LogP) is 13.9. The molecular formula is C54H37N3O2. The fraction of sp³-hybridized carbons (Fsp3) is 0.0370. The largest absolute Gasteiger partial charge is 0.456 e. The van der Waals surface area contributed by atoms with Gasteiger partial charge in [0.25, 0.3) is 0 Å². The van der Waals surface area contributed by atoms with Crippen molar-refractivity contribution in [1.29, 1.82) is 0 Å². The van der Waals surface area contributed by atoms with Crippen molar-refractivity contribution in [3.05, 3.63) is 217 Å². The molecule has 2 aliphatic rings. The Hall–Kier alpha value is -7.60. The molecule has 2 atom stereocenters. The van der Waals surface area contributed by atoms with Crippen LogP contribution in [0.3, 0.4) is 0 Å². The first-order valence-electron chi connectivity index (χ1n) is 20.2. The minimum Gasteiger partial charge on any atom is -0.456 e. The molecule has 10 aromatic rings. The van der Waals surface area contributed by atoms with Gasteiger partial charge in [-0.2, -0.15) is 0 Å². The van der Waals surface area contributed by atoms with Crippen molar-refractivity contribution in [3.8, 4) is 11.1 Å². The Balaban J connectivity index is 1.07. The summed E-state index contributed by atoms with van der Waals surface area (Å²) in [5, 5.41) is 14.7. The van der Waals surface area contributed by atoms with Gasteiger partial charge in [-0.15, -0.1) is 0 Å². The smallest absolute Gasteiger partial charge is 0.142 e. The van der Waals surface area contributed by atoms with Crippen LogP contribution >= 0.6 is 0 Å². The Labute approximate surface area is 340 Å². The van der Waals surface area contributed by atoms with Crippen LogP contribution in [0.15, 0.2) is 215 Å². The van der Waals surface area contributed by atoms with Gasteiger partial charge in [-0.3, -0.25) is 5.32 Å². The zero-order chi connectivity index (χ0) is 38.9. The number of para-hydroxylation sites is 2. The maximum absolute atomic E-state index is 6.97. The Kier molecular flexibility index (Phi) is 7.68. The lowest BCUT2D eigenvalue weighted by molar-refractivity contribution is 0.458. The Morgan fingerprint density at radius 2 is 1.17 bits per heavy atom. The van der Waals surface area contributed by atoms with Gasteiger partial charge in [0.05, 0.1) is 6.04 Å². The maximum atomic E-state index is 6.97. The molecule has 59 heavy (non-hydrogen) atoms. The monoisotopic (exact) mass is 759 g/mol. The summed E-state index contributed by atoms with van der Waals surface area (Å²) >= 11 is 0. The summed E-state index contributed by atoms with van der Waals surface area (Å²) in [6, 6.07) is 62.3. The van der Waals surface area contributed by atoms with Crippen LogP contribution in [0.2, 0.25) is 0 Å². The van der Waals surface area contributed by atoms with E-state index >= 15 is 0 Å². The molecule has 0 bridgehead atoms. The number of hydrogen-bond donors (Lipinski definition) is 2. The highest BCUT2D eigenvalue weighted by atomic mass is 16.3. The number of anilines is 3. The van der Waals surface area contributed by atoms with Crippen LogP contribution in [0.5, 0.6) is 0 Å². The van der Waals surface area contributed by atoms with E-state index < -0.39 is 0 Å². The van der Waals surface area contributed by atoms with Crippen molar-refractivity contribution in [1.82, 2.24) is 10.6 Å². The average molecular weight is 760 g/mol. The Morgan fingerprint density at radius 1 is 0.475 bits per heavy atom. The number of benzene rings is 8. The second kappa shape index (κ2) is 13.5. The molecule has 3 heterocycles. The molecule has 2 unspecified atom stereocenters. The molecule has 0 saturated carbocycles. The molecule has 0 fully saturated rings. The van der Waals surface area contributed by atoms with Crippen molar-refractivity contribution in [2.24, 2.45) is 0 Å². The van der Waals surface area contributed by atoms with E-state index in [0.29, 0.717) is 0 Å². The summed E-state index contributed by atoms with van der Waals surface area (Å²) < 4.78 is 13.2. The fourth-order valence-electron chi connectivity index (χ4n) is 9.13. The number of hydrogen-bond acceptors (Lipinski definition) is 5. The van der Waals surface area contributed by atoms with E-state index in [4.69, 9.17) is 8.83 Å². The third-order valence-electron chi connectivity index (χ3n) is 11.9. The predicted molar refractivity (Wildman–Crippen MR) is 243 cm³/mol. The Bertz CT molecular complexity index is 3340. The highest BCUT2D eigenvalue weighted by molar-refractivity contribution is 6.20. The van der Waals surface area contributed by atoms with Gasteiger partial charge in [-0.25, -0.2) is 0 Å². The molecule has 2 aromatic heterocycles. The van der Waals surface area contributed by atoms with E-state index in [1.54, 1.807) is 0 Å². The summed E-state index contributed by atoms with van der Waals surface area (Å²) in [7, 11) is 0. The third-order valence-corrected chi connectivity index (χ3v) is 11.9. The summed E-state index contributed by atoms with van der Waals surface area (Å²) in [6.07, 6.45) is 8.39. The highest BCUT2D eigenvalue weighted by Gasteiger charge is 2.32. The molecule has 5 nitrogen and oxygen atoms in total. The van der Waals surface area contributed by atoms with E-state index in [1.165, 1.54) is 27.5 Å². The van der Waals surface area contributed by atoms with Crippen LogP contribution < -0.4 is 15.5 Å². The molecule has 0 spiro atoms. The van der Waals surface area contributed by atoms with Gasteiger partial charge in [0.15, 0.2) is 0 Å². The minimum absolute atomic E-state index is 0.0299. The number of allylic oxidation sites excluding steroid dienone is 2. The van der Waals surface area contributed by atoms with E-state index in [-0.39, 0.29) is 12.2 Å². The number of nitrogens with zero attached hydrogens (tertiary/aromatic N) is 1. The molecular weight excluding hydrogens is 723 g/mol. The fourth-order valence-corrected chi connectivity index (χ4v) is 9.13. The van der Waals surface area contributed by atoms with Gasteiger partial charge in [-0.05, 0) is 99.8 Å². The summed E-state index contributed by atoms with van der Waals surface area (Å²) in [6.45, 7) is 0. The maximum Gasteiger partial charge on any atom is 0.142 e. The quantitative estimate of drug-likeness (QED) is 0.177. The number of furan rings is 2. The SMILES string of the molecule is C1=CC2=C(c3ccc4oc5ccccc5c4c3)NC(c3cc(N(c4ccccc4)c4ccc(-c5ccccc5)cc4)cc4c3oc3ccc5ccccc5c34)NC2C=C1. The average Bonchev–Trinajstić information content (AvgIpc) is 3.88. The first-order chi connectivity index (χ1) is 29.2. The van der Waals surface area contributed by atoms with Gasteiger partial charge in [-0.1, -0.05) is 133 Å². The van der Waals surface area contributed by atoms with E-state index in [2.05, 4.69) is 204 Å². The second-order valence-electron chi connectivity index (χ2n) is 15.4. The van der Waals surface area contributed by atoms with Crippen molar-refractivity contribution < 1.29 is 8.83 Å². The molecule has 0 saturated heterocycles. The van der Waals surface area contributed by atoms with Crippen molar-refractivity contribution in [2.45, 2.75) is 12.2 Å². The van der Waals surface area contributed by atoms with Crippen molar-refractivity contribution in [3.63, 3.8) is 0 Å². The van der Waals surface area contributed by atoms with Gasteiger partial charge < -0.3 is 19.1 Å². The summed E-state index contributed by atoms with van der Waals surface area (Å²) in [5.74, 6) is 0. The molecule has 1 aliphatic carbocycles. The molecule has 8 aromatic carbocycles. The summed E-state index contributed by atoms with van der Waals surface area (Å²) in [4.78, 5) is 2.36. The van der Waals surface area contributed by atoms with Gasteiger partial charge in [0, 0.05) is 49.9 Å². The van der Waals surface area contributed by atoms with Gasteiger partial charge in [0.1, 0.15) is 28.5 Å². The van der Waals surface area contributed by atoms with Crippen LogP contribution in [-0.2, 0) is 0 Å². The van der Waals surface area contributed by atoms with Crippen molar-refractivity contribution >= 4 is 77.4 Å². The summed E-state index contributed by atoms with van der Waals surface area (Å²) in [5.41, 5.74) is 13.4. The zero-order valence-corrected chi connectivity index (χ0v) is 32.0. The van der Waals surface area contributed by atoms with E-state index in [0.717, 1.165) is 77.8 Å². The van der Waals surface area contributed by atoms with Crippen LogP contribution in [0.4, 0.5) is 17.1 Å². The van der Waals surface area contributed by atoms with Crippen LogP contribution in [0.25, 0.3) is 71.5 Å². The normalized spacial score (nSPS) is 16.3. The van der Waals surface area contributed by atoms with Crippen LogP contribution in [0, 0.1) is 0 Å². The van der Waals surface area contributed by atoms with Gasteiger partial charge in [0.2, 0.25) is 0 Å². The molecule has 2 N–H and O–H groups in total. The second-order valence-corrected chi connectivity index (χ2v) is 15.4. The lowest BCUT2D eigenvalue weighted by Crippen LogP contribution is -2.46. The molecule has 280 valence electrons. The topological polar surface area (TPSA) is 53.6 Å². The molecule has 1 aliphatic heterocycles. The first-order valence-corrected chi connectivity index (χ1v) is 20.2. The third kappa shape index (κ3) is 5.58. The number of rotatable bonds is 6. The van der Waals surface area contributed by atoms with E-state index in [1.807, 2.05) is 12.1 Å². The molecule has 5 heteroatoms. The van der Waals surface area contributed by atoms with Gasteiger partial charge >= 0.3 is 0 Å². The van der Waals surface area contributed by atoms with Crippen LogP contribution in [0.1, 0.15) is 17.3 Å². The molecule has 0 amide bonds. The highest BCUT2D eigenvalue weighted by Crippen LogP contribution is 2.45. The molecule has 12 rings (SSSR count). The number of fused-ring (bicyclic) bond motifs is 9. The first kappa shape index (κ1) is 33.5. The Morgan fingerprint density at radius 3 is 2.03 bits per heavy atom.